The molecule has 20 heavy (non-hydrogen) atoms. The monoisotopic (exact) mass is 296 g/mol. The van der Waals surface area contributed by atoms with Gasteiger partial charge in [0.1, 0.15) is 0 Å². The molecule has 0 radical (unpaired) electrons. The second-order valence-electron chi connectivity index (χ2n) is 4.76. The Morgan fingerprint density at radius 3 is 2.70 bits per heavy atom. The van der Waals surface area contributed by atoms with Gasteiger partial charge in [0.15, 0.2) is 5.84 Å². The zero-order valence-corrected chi connectivity index (χ0v) is 11.7. The van der Waals surface area contributed by atoms with Crippen LogP contribution in [0.4, 0.5) is 10.5 Å². The molecule has 2 rings (SSSR count). The van der Waals surface area contributed by atoms with Gasteiger partial charge in [0.05, 0.1) is 10.7 Å². The molecule has 0 saturated heterocycles. The first-order chi connectivity index (χ1) is 9.60. The van der Waals surface area contributed by atoms with E-state index < -0.39 is 0 Å². The lowest BCUT2D eigenvalue weighted by Crippen LogP contribution is -2.36. The average Bonchev–Trinajstić information content (AvgIpc) is 2.93. The predicted molar refractivity (Wildman–Crippen MR) is 78.4 cm³/mol. The molecule has 0 bridgehead atoms. The molecule has 5 N–H and O–H groups in total. The van der Waals surface area contributed by atoms with Crippen molar-refractivity contribution in [2.45, 2.75) is 31.7 Å². The fraction of sp³-hybridized carbons (Fsp3) is 0.385. The standard InChI is InChI=1S/C13H17ClN4O2/c14-10-7-8(12(15)18-20)5-6-11(10)17-13(19)16-9-3-1-2-4-9/h5-7,9,20H,1-4H2,(H2,15,18)(H2,16,17,19). The van der Waals surface area contributed by atoms with Crippen molar-refractivity contribution in [3.8, 4) is 0 Å². The van der Waals surface area contributed by atoms with Crippen LogP contribution >= 0.6 is 11.6 Å². The van der Waals surface area contributed by atoms with Crippen molar-refractivity contribution in [2.24, 2.45) is 10.9 Å². The second kappa shape index (κ2) is 6.47. The van der Waals surface area contributed by atoms with Gasteiger partial charge in [0, 0.05) is 11.6 Å². The molecule has 1 aliphatic rings. The predicted octanol–water partition coefficient (Wildman–Crippen LogP) is 2.50. The zero-order chi connectivity index (χ0) is 14.5. The lowest BCUT2D eigenvalue weighted by molar-refractivity contribution is 0.248. The number of amides is 2. The van der Waals surface area contributed by atoms with Gasteiger partial charge in [-0.25, -0.2) is 4.79 Å². The Kier molecular flexibility index (Phi) is 4.68. The molecule has 0 aromatic heterocycles. The summed E-state index contributed by atoms with van der Waals surface area (Å²) in [5.41, 5.74) is 6.43. The molecule has 1 fully saturated rings. The number of halogens is 1. The Labute approximate surface area is 122 Å². The number of nitrogens with two attached hydrogens (primary N) is 1. The summed E-state index contributed by atoms with van der Waals surface area (Å²) in [7, 11) is 0. The van der Waals surface area contributed by atoms with E-state index in [0.29, 0.717) is 16.3 Å². The summed E-state index contributed by atoms with van der Waals surface area (Å²) in [6.07, 6.45) is 4.34. The van der Waals surface area contributed by atoms with E-state index in [9.17, 15) is 4.79 Å². The molecule has 0 unspecified atom stereocenters. The van der Waals surface area contributed by atoms with Gasteiger partial charge >= 0.3 is 6.03 Å². The minimum atomic E-state index is -0.268. The fourth-order valence-corrected chi connectivity index (χ4v) is 2.48. The van der Waals surface area contributed by atoms with Crippen LogP contribution in [-0.2, 0) is 0 Å². The smallest absolute Gasteiger partial charge is 0.319 e. The molecular weight excluding hydrogens is 280 g/mol. The number of hydrogen-bond donors (Lipinski definition) is 4. The van der Waals surface area contributed by atoms with E-state index in [1.54, 1.807) is 12.1 Å². The van der Waals surface area contributed by atoms with E-state index in [4.69, 9.17) is 22.5 Å². The van der Waals surface area contributed by atoms with Crippen molar-refractivity contribution in [3.05, 3.63) is 28.8 Å². The lowest BCUT2D eigenvalue weighted by Gasteiger charge is -2.14. The van der Waals surface area contributed by atoms with Crippen LogP contribution in [0.1, 0.15) is 31.2 Å². The van der Waals surface area contributed by atoms with Crippen LogP contribution in [0.15, 0.2) is 23.4 Å². The number of amidine groups is 1. The van der Waals surface area contributed by atoms with Gasteiger partial charge < -0.3 is 21.6 Å². The molecule has 0 aliphatic heterocycles. The number of anilines is 1. The van der Waals surface area contributed by atoms with E-state index in [0.717, 1.165) is 25.7 Å². The number of carbonyl (C=O) groups is 1. The number of benzene rings is 1. The number of rotatable bonds is 3. The number of nitrogens with zero attached hydrogens (tertiary/aromatic N) is 1. The first-order valence-corrected chi connectivity index (χ1v) is 6.83. The normalized spacial score (nSPS) is 16.1. The summed E-state index contributed by atoms with van der Waals surface area (Å²) >= 11 is 6.06. The fourth-order valence-electron chi connectivity index (χ4n) is 2.25. The molecular formula is C13H17ClN4O2. The van der Waals surface area contributed by atoms with Crippen LogP contribution in [0.2, 0.25) is 5.02 Å². The highest BCUT2D eigenvalue weighted by atomic mass is 35.5. The third-order valence-corrected chi connectivity index (χ3v) is 3.62. The van der Waals surface area contributed by atoms with Gasteiger partial charge in [0.2, 0.25) is 0 Å². The van der Waals surface area contributed by atoms with Gasteiger partial charge in [-0.15, -0.1) is 0 Å². The number of carbonyl (C=O) groups excluding carboxylic acids is 1. The van der Waals surface area contributed by atoms with Crippen molar-refractivity contribution in [1.82, 2.24) is 5.32 Å². The molecule has 0 heterocycles. The minimum absolute atomic E-state index is 0.0335. The van der Waals surface area contributed by atoms with Gasteiger partial charge in [-0.3, -0.25) is 0 Å². The summed E-state index contributed by atoms with van der Waals surface area (Å²) in [5, 5.41) is 17.4. The quantitative estimate of drug-likeness (QED) is 0.298. The second-order valence-corrected chi connectivity index (χ2v) is 5.17. The van der Waals surface area contributed by atoms with Gasteiger partial charge in [-0.1, -0.05) is 29.6 Å². The number of oxime groups is 1. The van der Waals surface area contributed by atoms with Crippen molar-refractivity contribution < 1.29 is 10.0 Å². The third-order valence-electron chi connectivity index (χ3n) is 3.31. The Morgan fingerprint density at radius 1 is 1.40 bits per heavy atom. The summed E-state index contributed by atoms with van der Waals surface area (Å²) in [6.45, 7) is 0. The van der Waals surface area contributed by atoms with Crippen molar-refractivity contribution >= 4 is 29.2 Å². The lowest BCUT2D eigenvalue weighted by atomic mass is 10.2. The van der Waals surface area contributed by atoms with E-state index in [-0.39, 0.29) is 17.9 Å². The Bertz CT molecular complexity index is 527. The summed E-state index contributed by atoms with van der Waals surface area (Å²) in [5.74, 6) is -0.0335. The topological polar surface area (TPSA) is 99.7 Å². The highest BCUT2D eigenvalue weighted by Gasteiger charge is 2.17. The van der Waals surface area contributed by atoms with E-state index in [2.05, 4.69) is 15.8 Å². The summed E-state index contributed by atoms with van der Waals surface area (Å²) in [6, 6.07) is 4.73. The summed E-state index contributed by atoms with van der Waals surface area (Å²) in [4.78, 5) is 11.8. The molecule has 1 aromatic carbocycles. The van der Waals surface area contributed by atoms with Crippen molar-refractivity contribution in [3.63, 3.8) is 0 Å². The maximum absolute atomic E-state index is 11.8. The SMILES string of the molecule is N/C(=N/O)c1ccc(NC(=O)NC2CCCC2)c(Cl)c1. The molecule has 0 atom stereocenters. The molecule has 7 heteroatoms. The van der Waals surface area contributed by atoms with Crippen molar-refractivity contribution in [2.75, 3.05) is 5.32 Å². The minimum Gasteiger partial charge on any atom is -0.409 e. The Hall–Kier alpha value is -1.95. The third kappa shape index (κ3) is 3.54. The van der Waals surface area contributed by atoms with Gasteiger partial charge in [0.25, 0.3) is 0 Å². The van der Waals surface area contributed by atoms with Crippen LogP contribution < -0.4 is 16.4 Å². The van der Waals surface area contributed by atoms with Crippen LogP contribution in [-0.4, -0.2) is 23.1 Å². The first-order valence-electron chi connectivity index (χ1n) is 6.45. The highest BCUT2D eigenvalue weighted by molar-refractivity contribution is 6.34. The van der Waals surface area contributed by atoms with Crippen molar-refractivity contribution in [1.29, 1.82) is 0 Å². The molecule has 108 valence electrons. The maximum atomic E-state index is 11.8. The number of urea groups is 1. The number of nitrogens with one attached hydrogen (secondary N) is 2. The van der Waals surface area contributed by atoms with Gasteiger partial charge in [-0.05, 0) is 31.0 Å². The molecule has 1 saturated carbocycles. The zero-order valence-electron chi connectivity index (χ0n) is 10.9. The van der Waals surface area contributed by atoms with Crippen LogP contribution in [0.5, 0.6) is 0 Å². The van der Waals surface area contributed by atoms with Crippen LogP contribution in [0.3, 0.4) is 0 Å². The molecule has 6 nitrogen and oxygen atoms in total. The largest absolute Gasteiger partial charge is 0.409 e. The molecule has 1 aromatic rings. The maximum Gasteiger partial charge on any atom is 0.319 e. The Morgan fingerprint density at radius 2 is 2.10 bits per heavy atom. The van der Waals surface area contributed by atoms with Crippen LogP contribution in [0.25, 0.3) is 0 Å². The van der Waals surface area contributed by atoms with E-state index in [1.807, 2.05) is 0 Å². The summed E-state index contributed by atoms with van der Waals surface area (Å²) < 4.78 is 0. The average molecular weight is 297 g/mol. The molecule has 1 aliphatic carbocycles. The first kappa shape index (κ1) is 14.5. The highest BCUT2D eigenvalue weighted by Crippen LogP contribution is 2.23. The Balaban J connectivity index is 2.00. The van der Waals surface area contributed by atoms with E-state index in [1.165, 1.54) is 6.07 Å². The molecule has 0 spiro atoms. The van der Waals surface area contributed by atoms with E-state index >= 15 is 0 Å². The van der Waals surface area contributed by atoms with Gasteiger partial charge in [-0.2, -0.15) is 0 Å². The molecule has 2 amide bonds. The number of hydrogen-bond acceptors (Lipinski definition) is 3. The van der Waals surface area contributed by atoms with Crippen LogP contribution in [0, 0.1) is 0 Å².